The Balaban J connectivity index is 0.000000747. The number of aromatic nitrogens is 4. The second-order valence-electron chi connectivity index (χ2n) is 8.90. The molecule has 0 unspecified atom stereocenters. The maximum absolute atomic E-state index is 12.5. The van der Waals surface area contributed by atoms with E-state index in [0.717, 1.165) is 53.8 Å². The topological polar surface area (TPSA) is 153 Å². The molecule has 10 nitrogen and oxygen atoms in total. The van der Waals surface area contributed by atoms with Crippen LogP contribution in [0.5, 0.6) is 0 Å². The second-order valence-corrected chi connectivity index (χ2v) is 8.90. The molecule has 0 aliphatic heterocycles. The second kappa shape index (κ2) is 11.2. The number of nitrogens with zero attached hydrogens (tertiary/aromatic N) is 4. The molecule has 3 heterocycles. The van der Waals surface area contributed by atoms with Crippen LogP contribution in [0.15, 0.2) is 54.9 Å². The highest BCUT2D eigenvalue weighted by molar-refractivity contribution is 6.00. The first-order valence-corrected chi connectivity index (χ1v) is 11.9. The molecule has 4 aromatic rings. The van der Waals surface area contributed by atoms with E-state index < -0.39 is 6.16 Å². The summed E-state index contributed by atoms with van der Waals surface area (Å²) in [6.07, 6.45) is 5.73. The van der Waals surface area contributed by atoms with Crippen LogP contribution in [0.1, 0.15) is 54.6 Å². The molecule has 0 atom stereocenters. The van der Waals surface area contributed by atoms with E-state index in [-0.39, 0.29) is 17.8 Å². The lowest BCUT2D eigenvalue weighted by Crippen LogP contribution is -2.22. The number of benzene rings is 1. The van der Waals surface area contributed by atoms with Crippen molar-refractivity contribution >= 4 is 23.4 Å². The van der Waals surface area contributed by atoms with E-state index >= 15 is 0 Å². The summed E-state index contributed by atoms with van der Waals surface area (Å²) >= 11 is 0. The number of nitrogen functional groups attached to an aromatic ring is 1. The van der Waals surface area contributed by atoms with Crippen molar-refractivity contribution in [2.75, 3.05) is 12.8 Å². The summed E-state index contributed by atoms with van der Waals surface area (Å²) in [4.78, 5) is 30.7. The number of ketones is 1. The van der Waals surface area contributed by atoms with E-state index in [9.17, 15) is 4.79 Å². The van der Waals surface area contributed by atoms with Gasteiger partial charge >= 0.3 is 6.16 Å². The van der Waals surface area contributed by atoms with E-state index in [0.29, 0.717) is 17.0 Å². The van der Waals surface area contributed by atoms with Crippen molar-refractivity contribution in [3.05, 3.63) is 66.1 Å². The van der Waals surface area contributed by atoms with Gasteiger partial charge < -0.3 is 20.7 Å². The molecule has 0 radical (unpaired) electrons. The molecule has 0 saturated heterocycles. The number of carbonyl (C=O) groups excluding carboxylic acids is 1. The van der Waals surface area contributed by atoms with E-state index in [1.165, 1.54) is 0 Å². The third kappa shape index (κ3) is 5.59. The van der Waals surface area contributed by atoms with Crippen molar-refractivity contribution in [2.24, 2.45) is 0 Å². The fraction of sp³-hybridized carbons (Fsp3) is 0.296. The fourth-order valence-corrected chi connectivity index (χ4v) is 4.80. The minimum Gasteiger partial charge on any atom is -0.450 e. The monoisotopic (exact) mass is 503 g/mol. The molecule has 10 heteroatoms. The quantitative estimate of drug-likeness (QED) is 0.314. The summed E-state index contributed by atoms with van der Waals surface area (Å²) in [6.45, 7) is 1.54. The maximum atomic E-state index is 12.5. The van der Waals surface area contributed by atoms with Crippen molar-refractivity contribution in [2.45, 2.75) is 44.6 Å². The molecule has 5 rings (SSSR count). The van der Waals surface area contributed by atoms with Crippen molar-refractivity contribution in [3.8, 4) is 22.4 Å². The van der Waals surface area contributed by atoms with Crippen molar-refractivity contribution in [1.29, 1.82) is 0 Å². The number of carbonyl (C=O) groups is 2. The summed E-state index contributed by atoms with van der Waals surface area (Å²) in [6, 6.07) is 14.1. The number of methoxy groups -OCH3 is 1. The van der Waals surface area contributed by atoms with Gasteiger partial charge in [-0.2, -0.15) is 9.61 Å². The number of Topliss-reactive ketones (excluding diaryl/α,β-unsaturated/α-hetero) is 1. The molecule has 1 aromatic carbocycles. The van der Waals surface area contributed by atoms with Gasteiger partial charge in [0.05, 0.1) is 29.3 Å². The van der Waals surface area contributed by atoms with Crippen molar-refractivity contribution < 1.29 is 24.5 Å². The predicted molar refractivity (Wildman–Crippen MR) is 139 cm³/mol. The average Bonchev–Trinajstić information content (AvgIpc) is 3.33. The van der Waals surface area contributed by atoms with Crippen LogP contribution in [0.3, 0.4) is 0 Å². The van der Waals surface area contributed by atoms with Gasteiger partial charge in [0, 0.05) is 35.9 Å². The van der Waals surface area contributed by atoms with Crippen LogP contribution in [0, 0.1) is 0 Å². The molecular weight excluding hydrogens is 474 g/mol. The van der Waals surface area contributed by atoms with Crippen LogP contribution in [0.2, 0.25) is 0 Å². The molecule has 4 N–H and O–H groups in total. The number of hydrogen-bond donors (Lipinski definition) is 3. The largest absolute Gasteiger partial charge is 0.503 e. The Morgan fingerprint density at radius 2 is 1.68 bits per heavy atom. The first-order chi connectivity index (χ1) is 17.8. The van der Waals surface area contributed by atoms with Crippen LogP contribution < -0.4 is 5.73 Å². The lowest BCUT2D eigenvalue weighted by atomic mass is 9.83. The number of rotatable bonds is 5. The number of ether oxygens (including phenoxy) is 1. The van der Waals surface area contributed by atoms with E-state index in [1.54, 1.807) is 24.7 Å². The van der Waals surface area contributed by atoms with Gasteiger partial charge in [-0.3, -0.25) is 9.78 Å². The Kier molecular flexibility index (Phi) is 7.78. The van der Waals surface area contributed by atoms with Gasteiger partial charge in [-0.1, -0.05) is 36.4 Å². The Morgan fingerprint density at radius 1 is 1.00 bits per heavy atom. The number of pyridine rings is 1. The minimum atomic E-state index is -1.83. The van der Waals surface area contributed by atoms with Crippen molar-refractivity contribution in [3.63, 3.8) is 0 Å². The molecule has 0 amide bonds. The molecule has 0 spiro atoms. The Bertz CT molecular complexity index is 1390. The zero-order valence-electron chi connectivity index (χ0n) is 20.7. The normalized spacial score (nSPS) is 17.1. The molecular formula is C27H29N5O5. The third-order valence-corrected chi connectivity index (χ3v) is 6.60. The number of hydrogen-bond acceptors (Lipinski definition) is 7. The highest BCUT2D eigenvalue weighted by Gasteiger charge is 2.29. The minimum absolute atomic E-state index is 0.0864. The van der Waals surface area contributed by atoms with Crippen molar-refractivity contribution in [1.82, 2.24) is 19.6 Å². The van der Waals surface area contributed by atoms with E-state index in [2.05, 4.69) is 10.1 Å². The van der Waals surface area contributed by atoms with Crippen LogP contribution >= 0.6 is 0 Å². The highest BCUT2D eigenvalue weighted by atomic mass is 16.6. The lowest BCUT2D eigenvalue weighted by molar-refractivity contribution is 0.0654. The summed E-state index contributed by atoms with van der Waals surface area (Å²) in [5.74, 6) is 0.428. The lowest BCUT2D eigenvalue weighted by Gasteiger charge is -2.28. The zero-order valence-corrected chi connectivity index (χ0v) is 20.7. The molecule has 1 saturated carbocycles. The van der Waals surface area contributed by atoms with Gasteiger partial charge in [0.25, 0.3) is 0 Å². The molecule has 192 valence electrons. The van der Waals surface area contributed by atoms with Crippen LogP contribution in [0.4, 0.5) is 10.6 Å². The van der Waals surface area contributed by atoms with Gasteiger partial charge in [0.2, 0.25) is 0 Å². The SMILES string of the molecule is CO[C@H]1CC[C@H](c2nc3c(-c4ccc(-c5ccccc5)nc4)cnn3c(N)c2C(C)=O)CC1.O=C(O)O. The van der Waals surface area contributed by atoms with Gasteiger partial charge in [-0.05, 0) is 38.7 Å². The van der Waals surface area contributed by atoms with Gasteiger partial charge in [-0.25, -0.2) is 9.78 Å². The Labute approximate surface area is 213 Å². The van der Waals surface area contributed by atoms with Crippen LogP contribution in [-0.4, -0.2) is 54.9 Å². The molecule has 1 aliphatic carbocycles. The zero-order chi connectivity index (χ0) is 26.5. The van der Waals surface area contributed by atoms with E-state index in [1.807, 2.05) is 48.7 Å². The smallest absolute Gasteiger partial charge is 0.450 e. The fourth-order valence-electron chi connectivity index (χ4n) is 4.80. The molecule has 3 aromatic heterocycles. The summed E-state index contributed by atoms with van der Waals surface area (Å²) < 4.78 is 7.09. The number of fused-ring (bicyclic) bond motifs is 1. The molecule has 0 bridgehead atoms. The van der Waals surface area contributed by atoms with Gasteiger partial charge in [0.1, 0.15) is 5.82 Å². The number of nitrogens with two attached hydrogens (primary N) is 1. The average molecular weight is 504 g/mol. The molecule has 1 aliphatic rings. The Morgan fingerprint density at radius 3 is 2.24 bits per heavy atom. The Hall–Kier alpha value is -4.31. The summed E-state index contributed by atoms with van der Waals surface area (Å²) in [5, 5.41) is 18.4. The summed E-state index contributed by atoms with van der Waals surface area (Å²) in [7, 11) is 1.75. The van der Waals surface area contributed by atoms with Crippen LogP contribution in [-0.2, 0) is 4.74 Å². The van der Waals surface area contributed by atoms with Crippen LogP contribution in [0.25, 0.3) is 28.0 Å². The highest BCUT2D eigenvalue weighted by Crippen LogP contribution is 2.37. The van der Waals surface area contributed by atoms with E-state index in [4.69, 9.17) is 30.5 Å². The first-order valence-electron chi connectivity index (χ1n) is 11.9. The molecule has 1 fully saturated rings. The van der Waals surface area contributed by atoms with Gasteiger partial charge in [-0.15, -0.1) is 0 Å². The first kappa shape index (κ1) is 25.8. The maximum Gasteiger partial charge on any atom is 0.503 e. The third-order valence-electron chi connectivity index (χ3n) is 6.60. The number of carboxylic acid groups (broad SMARTS) is 2. The number of anilines is 1. The predicted octanol–water partition coefficient (Wildman–Crippen LogP) is 5.14. The molecule has 37 heavy (non-hydrogen) atoms. The summed E-state index contributed by atoms with van der Waals surface area (Å²) in [5.41, 5.74) is 12.1. The standard InChI is InChI=1S/C26H27N5O2.CH2O3/c1-16(32)23-24(18-8-11-20(33-2)12-9-18)30-26-21(15-29-31(26)25(23)27)19-10-13-22(28-14-19)17-6-4-3-5-7-17;2-1(3)4/h3-7,10,13-15,18,20H,8-9,11-12,27H2,1-2H3;(H2,2,3,4)/t18-,20-;. The van der Waals surface area contributed by atoms with Gasteiger partial charge in [0.15, 0.2) is 11.4 Å².